The first kappa shape index (κ1) is 27.4. The second kappa shape index (κ2) is 12.0. The summed E-state index contributed by atoms with van der Waals surface area (Å²) in [6.45, 7) is 5.87. The smallest absolute Gasteiger partial charge is 0.412 e. The molecule has 2 aliphatic rings. The molecule has 0 aromatic heterocycles. The van der Waals surface area contributed by atoms with Crippen molar-refractivity contribution in [2.75, 3.05) is 19.7 Å². The maximum absolute atomic E-state index is 12.6. The Hall–Kier alpha value is -2.87. The van der Waals surface area contributed by atoms with E-state index in [4.69, 9.17) is 28.4 Å². The van der Waals surface area contributed by atoms with Gasteiger partial charge in [0.2, 0.25) is 12.4 Å². The first-order valence-electron chi connectivity index (χ1n) is 10.3. The number of carbonyl (C=O) groups excluding carboxylic acids is 6. The first-order valence-corrected chi connectivity index (χ1v) is 11.2. The summed E-state index contributed by atoms with van der Waals surface area (Å²) in [5.41, 5.74) is 0. The van der Waals surface area contributed by atoms with E-state index < -0.39 is 67.3 Å². The van der Waals surface area contributed by atoms with Gasteiger partial charge in [0, 0.05) is 53.0 Å². The topological polar surface area (TPSA) is 161 Å². The van der Waals surface area contributed by atoms with Crippen molar-refractivity contribution in [3.63, 3.8) is 0 Å². The Labute approximate surface area is 199 Å². The van der Waals surface area contributed by atoms with Crippen LogP contribution in [0.1, 0.15) is 34.6 Å². The van der Waals surface area contributed by atoms with Crippen LogP contribution in [0.5, 0.6) is 0 Å². The van der Waals surface area contributed by atoms with Gasteiger partial charge in [0.15, 0.2) is 17.3 Å². The molecular formula is C20H27NO12S. The number of esters is 4. The van der Waals surface area contributed by atoms with Gasteiger partial charge < -0.3 is 33.3 Å². The summed E-state index contributed by atoms with van der Waals surface area (Å²) in [7, 11) is 0. The second-order valence-corrected chi connectivity index (χ2v) is 9.07. The highest BCUT2D eigenvalue weighted by Gasteiger charge is 2.54. The maximum Gasteiger partial charge on any atom is 0.412 e. The van der Waals surface area contributed by atoms with E-state index in [1.807, 2.05) is 0 Å². The average molecular weight is 505 g/mol. The number of likely N-dealkylation sites (tertiary alicyclic amines) is 1. The van der Waals surface area contributed by atoms with Gasteiger partial charge in [-0.25, -0.2) is 4.79 Å². The molecule has 5 atom stereocenters. The van der Waals surface area contributed by atoms with Crippen LogP contribution in [-0.2, 0) is 52.4 Å². The number of ether oxygens (including phenoxy) is 6. The van der Waals surface area contributed by atoms with E-state index >= 15 is 0 Å². The highest BCUT2D eigenvalue weighted by molar-refractivity contribution is 8.14. The molecule has 34 heavy (non-hydrogen) atoms. The van der Waals surface area contributed by atoms with Crippen molar-refractivity contribution in [1.29, 1.82) is 0 Å². The van der Waals surface area contributed by atoms with Crippen LogP contribution in [0, 0.1) is 0 Å². The van der Waals surface area contributed by atoms with Crippen molar-refractivity contribution in [3.8, 4) is 0 Å². The van der Waals surface area contributed by atoms with Crippen molar-refractivity contribution < 1.29 is 57.2 Å². The minimum absolute atomic E-state index is 0.0829. The van der Waals surface area contributed by atoms with Gasteiger partial charge >= 0.3 is 30.0 Å². The van der Waals surface area contributed by atoms with E-state index in [9.17, 15) is 28.8 Å². The van der Waals surface area contributed by atoms with Crippen LogP contribution >= 0.6 is 11.8 Å². The van der Waals surface area contributed by atoms with Gasteiger partial charge in [-0.1, -0.05) is 11.8 Å². The Kier molecular flexibility index (Phi) is 9.67. The highest BCUT2D eigenvalue weighted by Crippen LogP contribution is 2.31. The van der Waals surface area contributed by atoms with E-state index in [0.717, 1.165) is 39.5 Å². The highest BCUT2D eigenvalue weighted by atomic mass is 32.2. The Morgan fingerprint density at radius 3 is 1.79 bits per heavy atom. The molecule has 0 aromatic carbocycles. The zero-order valence-electron chi connectivity index (χ0n) is 19.3. The van der Waals surface area contributed by atoms with Crippen molar-refractivity contribution in [2.24, 2.45) is 0 Å². The van der Waals surface area contributed by atoms with Crippen molar-refractivity contribution in [3.05, 3.63) is 0 Å². The molecule has 2 rings (SSSR count). The molecule has 1 amide bonds. The summed E-state index contributed by atoms with van der Waals surface area (Å²) in [5, 5.41) is -0.168. The number of hydrogen-bond donors (Lipinski definition) is 0. The molecule has 0 saturated carbocycles. The zero-order valence-corrected chi connectivity index (χ0v) is 20.2. The monoisotopic (exact) mass is 505 g/mol. The second-order valence-electron chi connectivity index (χ2n) is 7.59. The predicted molar refractivity (Wildman–Crippen MR) is 112 cm³/mol. The fraction of sp³-hybridized carbons (Fsp3) is 0.700. The lowest BCUT2D eigenvalue weighted by atomic mass is 9.98. The van der Waals surface area contributed by atoms with Crippen molar-refractivity contribution in [1.82, 2.24) is 4.90 Å². The molecule has 0 aromatic rings. The number of hydrogen-bond acceptors (Lipinski definition) is 13. The van der Waals surface area contributed by atoms with Crippen LogP contribution in [0.25, 0.3) is 0 Å². The fourth-order valence-electron chi connectivity index (χ4n) is 3.35. The van der Waals surface area contributed by atoms with Gasteiger partial charge in [0.25, 0.3) is 0 Å². The van der Waals surface area contributed by atoms with Gasteiger partial charge in [0.1, 0.15) is 12.7 Å². The molecule has 190 valence electrons. The Morgan fingerprint density at radius 2 is 1.29 bits per heavy atom. The zero-order chi connectivity index (χ0) is 25.6. The predicted octanol–water partition coefficient (Wildman–Crippen LogP) is 0.170. The van der Waals surface area contributed by atoms with Crippen molar-refractivity contribution >= 4 is 46.8 Å². The Morgan fingerprint density at radius 1 is 0.765 bits per heavy atom. The molecule has 2 aliphatic heterocycles. The van der Waals surface area contributed by atoms with Crippen LogP contribution in [-0.4, -0.2) is 95.6 Å². The standard InChI is InChI=1S/C20H27NO12S/c1-9(22)28-8-15-16(29-10(2)23)17(30-11(3)24)18(31-12(4)25)19(32-15)33-20(27)21-6-14(7-21)34-13(5)26/h14-19H,6-8H2,1-5H3/t15-,16+,17+,18-,19+/m1/s1. The summed E-state index contributed by atoms with van der Waals surface area (Å²) >= 11 is 1.10. The molecule has 0 radical (unpaired) electrons. The lowest BCUT2D eigenvalue weighted by molar-refractivity contribution is -0.296. The van der Waals surface area contributed by atoms with Crippen LogP contribution in [0.4, 0.5) is 4.79 Å². The van der Waals surface area contributed by atoms with Crippen LogP contribution in [0.15, 0.2) is 0 Å². The van der Waals surface area contributed by atoms with Crippen LogP contribution in [0.2, 0.25) is 0 Å². The van der Waals surface area contributed by atoms with E-state index in [-0.39, 0.29) is 23.5 Å². The average Bonchev–Trinajstić information content (AvgIpc) is 2.66. The third-order valence-corrected chi connectivity index (χ3v) is 5.57. The van der Waals surface area contributed by atoms with E-state index in [2.05, 4.69) is 0 Å². The molecule has 13 nitrogen and oxygen atoms in total. The number of thioether (sulfide) groups is 1. The van der Waals surface area contributed by atoms with Gasteiger partial charge in [-0.05, 0) is 0 Å². The quantitative estimate of drug-likeness (QED) is 0.340. The summed E-state index contributed by atoms with van der Waals surface area (Å²) in [6, 6.07) is 0. The fourth-order valence-corrected chi connectivity index (χ4v) is 4.33. The van der Waals surface area contributed by atoms with E-state index in [1.165, 1.54) is 11.8 Å². The molecule has 2 fully saturated rings. The molecular weight excluding hydrogens is 478 g/mol. The van der Waals surface area contributed by atoms with E-state index in [1.54, 1.807) is 0 Å². The molecule has 0 bridgehead atoms. The van der Waals surface area contributed by atoms with E-state index in [0.29, 0.717) is 0 Å². The van der Waals surface area contributed by atoms with Gasteiger partial charge in [-0.15, -0.1) is 0 Å². The third-order valence-electron chi connectivity index (χ3n) is 4.60. The molecule has 0 N–H and O–H groups in total. The molecule has 14 heteroatoms. The van der Waals surface area contributed by atoms with Crippen molar-refractivity contribution in [2.45, 2.75) is 70.6 Å². The molecule has 0 aliphatic carbocycles. The number of nitrogens with zero attached hydrogens (tertiary/aromatic N) is 1. The van der Waals surface area contributed by atoms with Crippen LogP contribution < -0.4 is 0 Å². The summed E-state index contributed by atoms with van der Waals surface area (Å²) in [4.78, 5) is 71.7. The summed E-state index contributed by atoms with van der Waals surface area (Å²) in [5.74, 6) is -3.05. The number of rotatable bonds is 7. The first-order chi connectivity index (χ1) is 15.9. The number of amides is 1. The lowest BCUT2D eigenvalue weighted by Gasteiger charge is -2.44. The van der Waals surface area contributed by atoms with Gasteiger partial charge in [0.05, 0.1) is 0 Å². The third kappa shape index (κ3) is 7.87. The normalized spacial score (nSPS) is 26.5. The Balaban J connectivity index is 2.28. The SMILES string of the molecule is CC(=O)OC[C@H]1O[C@@H](OC(=O)N2CC(SC(C)=O)C2)[C@H](OC(C)=O)[C@@H](OC(C)=O)[C@H]1OC(C)=O. The Bertz CT molecular complexity index is 826. The largest absolute Gasteiger partial charge is 0.463 e. The minimum atomic E-state index is -1.59. The molecule has 0 spiro atoms. The molecule has 2 heterocycles. The number of carbonyl (C=O) groups is 6. The summed E-state index contributed by atoms with van der Waals surface area (Å²) in [6.07, 6.45) is -7.92. The van der Waals surface area contributed by atoms with Gasteiger partial charge in [-0.2, -0.15) is 0 Å². The summed E-state index contributed by atoms with van der Waals surface area (Å²) < 4.78 is 31.8. The lowest BCUT2D eigenvalue weighted by Crippen LogP contribution is -2.64. The van der Waals surface area contributed by atoms with Crippen LogP contribution in [0.3, 0.4) is 0 Å². The molecule has 0 unspecified atom stereocenters. The minimum Gasteiger partial charge on any atom is -0.463 e. The molecule has 2 saturated heterocycles. The van der Waals surface area contributed by atoms with Gasteiger partial charge in [-0.3, -0.25) is 24.0 Å². The maximum atomic E-state index is 12.6.